The fourth-order valence-electron chi connectivity index (χ4n) is 2.57. The number of carbonyl (C=O) groups excluding carboxylic acids is 1. The van der Waals surface area contributed by atoms with Gasteiger partial charge in [0.2, 0.25) is 0 Å². The number of aromatic nitrogens is 2. The highest BCUT2D eigenvalue weighted by molar-refractivity contribution is 5.95. The molecule has 0 aliphatic rings. The van der Waals surface area contributed by atoms with Gasteiger partial charge in [0.25, 0.3) is 5.69 Å². The third-order valence-corrected chi connectivity index (χ3v) is 3.76. The highest BCUT2D eigenvalue weighted by Gasteiger charge is 2.26. The Bertz CT molecular complexity index is 965. The van der Waals surface area contributed by atoms with Gasteiger partial charge in [-0.2, -0.15) is 0 Å². The van der Waals surface area contributed by atoms with E-state index in [0.29, 0.717) is 17.9 Å². The molecule has 0 fully saturated rings. The summed E-state index contributed by atoms with van der Waals surface area (Å²) in [4.78, 5) is 27.4. The van der Waals surface area contributed by atoms with Crippen LogP contribution in [0.25, 0.3) is 5.65 Å². The third kappa shape index (κ3) is 3.81. The number of pyridine rings is 1. The van der Waals surface area contributed by atoms with E-state index in [1.54, 1.807) is 17.5 Å². The minimum Gasteiger partial charge on any atom is -0.493 e. The van der Waals surface area contributed by atoms with Crippen LogP contribution >= 0.6 is 0 Å². The number of nitro benzene ring substituents is 1. The van der Waals surface area contributed by atoms with Gasteiger partial charge in [0.15, 0.2) is 11.5 Å². The molecule has 2 aromatic heterocycles. The van der Waals surface area contributed by atoms with Crippen molar-refractivity contribution in [3.63, 3.8) is 0 Å². The van der Waals surface area contributed by atoms with Gasteiger partial charge in [-0.1, -0.05) is 6.07 Å². The summed E-state index contributed by atoms with van der Waals surface area (Å²) in [6, 6.07) is 7.90. The lowest BCUT2D eigenvalue weighted by Crippen LogP contribution is -2.10. The molecule has 1 aromatic carbocycles. The summed E-state index contributed by atoms with van der Waals surface area (Å²) < 4.78 is 17.5. The third-order valence-electron chi connectivity index (χ3n) is 3.76. The Morgan fingerprint density at radius 3 is 2.78 bits per heavy atom. The van der Waals surface area contributed by atoms with Crippen molar-refractivity contribution in [3.05, 3.63) is 64.1 Å². The number of fused-ring (bicyclic) bond motifs is 1. The fourth-order valence-corrected chi connectivity index (χ4v) is 2.57. The molecule has 0 atom stereocenters. The minimum atomic E-state index is -0.847. The van der Waals surface area contributed by atoms with Crippen LogP contribution in [0.15, 0.2) is 42.7 Å². The van der Waals surface area contributed by atoms with Crippen LogP contribution in [0.2, 0.25) is 0 Å². The number of esters is 1. The maximum Gasteiger partial charge on any atom is 0.345 e. The zero-order valence-corrected chi connectivity index (χ0v) is 14.7. The number of carbonyl (C=O) groups is 1. The lowest BCUT2D eigenvalue weighted by Gasteiger charge is -2.11. The van der Waals surface area contributed by atoms with Crippen molar-refractivity contribution in [1.82, 2.24) is 9.38 Å². The molecular weight excluding hydrogens is 354 g/mol. The molecule has 2 heterocycles. The van der Waals surface area contributed by atoms with E-state index in [2.05, 4.69) is 4.98 Å². The quantitative estimate of drug-likeness (QED) is 0.357. The van der Waals surface area contributed by atoms with Crippen LogP contribution in [0, 0.1) is 10.1 Å². The van der Waals surface area contributed by atoms with E-state index >= 15 is 0 Å². The average molecular weight is 371 g/mol. The second kappa shape index (κ2) is 7.73. The largest absolute Gasteiger partial charge is 0.493 e. The maximum absolute atomic E-state index is 12.4. The van der Waals surface area contributed by atoms with Crippen LogP contribution in [0.5, 0.6) is 11.5 Å². The average Bonchev–Trinajstić information content (AvgIpc) is 3.09. The van der Waals surface area contributed by atoms with Crippen LogP contribution in [-0.4, -0.2) is 34.0 Å². The van der Waals surface area contributed by atoms with Gasteiger partial charge in [0.1, 0.15) is 17.8 Å². The molecule has 0 radical (unpaired) electrons. The van der Waals surface area contributed by atoms with Crippen LogP contribution in [-0.2, 0) is 11.3 Å². The summed E-state index contributed by atoms with van der Waals surface area (Å²) in [5.74, 6) is -0.453. The molecule has 0 amide bonds. The van der Waals surface area contributed by atoms with Gasteiger partial charge >= 0.3 is 5.97 Å². The van der Waals surface area contributed by atoms with E-state index in [1.165, 1.54) is 13.2 Å². The summed E-state index contributed by atoms with van der Waals surface area (Å²) in [6.07, 6.45) is 3.53. The molecule has 0 aliphatic heterocycles. The van der Waals surface area contributed by atoms with Gasteiger partial charge in [-0.3, -0.25) is 10.1 Å². The van der Waals surface area contributed by atoms with Gasteiger partial charge in [-0.05, 0) is 19.1 Å². The Labute approximate surface area is 154 Å². The van der Waals surface area contributed by atoms with Crippen molar-refractivity contribution >= 4 is 17.3 Å². The molecule has 27 heavy (non-hydrogen) atoms. The van der Waals surface area contributed by atoms with E-state index in [4.69, 9.17) is 14.2 Å². The highest BCUT2D eigenvalue weighted by atomic mass is 16.6. The highest BCUT2D eigenvalue weighted by Crippen LogP contribution is 2.35. The van der Waals surface area contributed by atoms with E-state index < -0.39 is 16.6 Å². The van der Waals surface area contributed by atoms with Crippen LogP contribution in [0.3, 0.4) is 0 Å². The number of imidazole rings is 1. The van der Waals surface area contributed by atoms with Crippen molar-refractivity contribution in [2.24, 2.45) is 0 Å². The normalized spacial score (nSPS) is 10.6. The smallest absolute Gasteiger partial charge is 0.345 e. The summed E-state index contributed by atoms with van der Waals surface area (Å²) in [5.41, 5.74) is 0.593. The first-order valence-corrected chi connectivity index (χ1v) is 8.12. The van der Waals surface area contributed by atoms with Crippen molar-refractivity contribution in [2.75, 3.05) is 13.7 Å². The molecule has 0 saturated carbocycles. The molecule has 0 unspecified atom stereocenters. The molecule has 0 saturated heterocycles. The number of rotatable bonds is 7. The Hall–Kier alpha value is -3.62. The maximum atomic E-state index is 12.4. The standard InChI is InChI=1S/C18H17N3O6/c1-3-26-16-9-14(21(23)24)13(8-15(16)25-2)18(22)27-11-12-10-20-7-5-4-6-17(20)19-12/h4-10H,3,11H2,1-2H3. The van der Waals surface area contributed by atoms with Crippen molar-refractivity contribution < 1.29 is 23.9 Å². The first-order chi connectivity index (χ1) is 13.0. The SMILES string of the molecule is CCOc1cc([N+](=O)[O-])c(C(=O)OCc2cn3ccccc3n2)cc1OC. The Morgan fingerprint density at radius 1 is 1.30 bits per heavy atom. The number of hydrogen-bond acceptors (Lipinski definition) is 7. The zero-order chi connectivity index (χ0) is 19.4. The van der Waals surface area contributed by atoms with Crippen LogP contribution in [0.4, 0.5) is 5.69 Å². The molecule has 9 nitrogen and oxygen atoms in total. The summed E-state index contributed by atoms with van der Waals surface area (Å²) in [6.45, 7) is 1.92. The second-order valence-electron chi connectivity index (χ2n) is 5.48. The van der Waals surface area contributed by atoms with Gasteiger partial charge in [0, 0.05) is 18.5 Å². The topological polar surface area (TPSA) is 105 Å². The number of hydrogen-bond donors (Lipinski definition) is 0. The molecule has 9 heteroatoms. The predicted molar refractivity (Wildman–Crippen MR) is 95.1 cm³/mol. The van der Waals surface area contributed by atoms with Crippen molar-refractivity contribution in [1.29, 1.82) is 0 Å². The lowest BCUT2D eigenvalue weighted by molar-refractivity contribution is -0.385. The molecule has 0 bridgehead atoms. The predicted octanol–water partition coefficient (Wildman–Crippen LogP) is 3.01. The molecule has 140 valence electrons. The van der Waals surface area contributed by atoms with E-state index in [-0.39, 0.29) is 23.7 Å². The molecule has 3 aromatic rings. The van der Waals surface area contributed by atoms with Crippen LogP contribution in [0.1, 0.15) is 23.0 Å². The minimum absolute atomic E-state index is 0.118. The number of ether oxygens (including phenoxy) is 3. The number of nitro groups is 1. The van der Waals surface area contributed by atoms with Crippen molar-refractivity contribution in [3.8, 4) is 11.5 Å². The molecule has 0 N–H and O–H groups in total. The van der Waals surface area contributed by atoms with Gasteiger partial charge in [-0.25, -0.2) is 9.78 Å². The van der Waals surface area contributed by atoms with Gasteiger partial charge in [-0.15, -0.1) is 0 Å². The molecule has 0 spiro atoms. The lowest BCUT2D eigenvalue weighted by atomic mass is 10.1. The molecule has 3 rings (SSSR count). The summed E-state index contributed by atoms with van der Waals surface area (Å²) in [7, 11) is 1.38. The Balaban J connectivity index is 1.85. The van der Waals surface area contributed by atoms with E-state index in [0.717, 1.165) is 6.07 Å². The van der Waals surface area contributed by atoms with E-state index in [9.17, 15) is 14.9 Å². The fraction of sp³-hybridized carbons (Fsp3) is 0.222. The van der Waals surface area contributed by atoms with Gasteiger partial charge < -0.3 is 18.6 Å². The number of methoxy groups -OCH3 is 1. The molecule has 0 aliphatic carbocycles. The Kier molecular flexibility index (Phi) is 5.20. The summed E-state index contributed by atoms with van der Waals surface area (Å²) >= 11 is 0. The summed E-state index contributed by atoms with van der Waals surface area (Å²) in [5, 5.41) is 11.4. The second-order valence-corrected chi connectivity index (χ2v) is 5.48. The van der Waals surface area contributed by atoms with Crippen LogP contribution < -0.4 is 9.47 Å². The molecular formula is C18H17N3O6. The number of nitrogens with zero attached hydrogens (tertiary/aromatic N) is 3. The first kappa shape index (κ1) is 18.2. The first-order valence-electron chi connectivity index (χ1n) is 8.12. The van der Waals surface area contributed by atoms with Gasteiger partial charge in [0.05, 0.1) is 30.4 Å². The monoisotopic (exact) mass is 371 g/mol. The zero-order valence-electron chi connectivity index (χ0n) is 14.7. The van der Waals surface area contributed by atoms with Crippen molar-refractivity contribution in [2.45, 2.75) is 13.5 Å². The number of benzene rings is 1. The van der Waals surface area contributed by atoms with E-state index in [1.807, 2.05) is 24.4 Å². The Morgan fingerprint density at radius 2 is 2.11 bits per heavy atom.